The van der Waals surface area contributed by atoms with E-state index in [0.717, 1.165) is 49.2 Å². The summed E-state index contributed by atoms with van der Waals surface area (Å²) in [6.07, 6.45) is 5.50. The second kappa shape index (κ2) is 9.75. The topological polar surface area (TPSA) is 84.7 Å². The van der Waals surface area contributed by atoms with E-state index in [9.17, 15) is 14.9 Å². The third kappa shape index (κ3) is 4.77. The second-order valence-electron chi connectivity index (χ2n) is 7.96. The number of nitro groups is 1. The quantitative estimate of drug-likeness (QED) is 0.298. The van der Waals surface area contributed by atoms with Crippen molar-refractivity contribution in [2.45, 2.75) is 31.7 Å². The van der Waals surface area contributed by atoms with Crippen LogP contribution in [0.5, 0.6) is 0 Å². The van der Waals surface area contributed by atoms with Gasteiger partial charge in [0.15, 0.2) is 5.76 Å². The molecule has 1 N–H and O–H groups in total. The van der Waals surface area contributed by atoms with Crippen molar-refractivity contribution in [3.63, 3.8) is 0 Å². The zero-order valence-electron chi connectivity index (χ0n) is 17.5. The van der Waals surface area contributed by atoms with Gasteiger partial charge in [0, 0.05) is 29.8 Å². The second-order valence-corrected chi connectivity index (χ2v) is 7.96. The Morgan fingerprint density at radius 3 is 2.61 bits per heavy atom. The predicted molar refractivity (Wildman–Crippen MR) is 119 cm³/mol. The van der Waals surface area contributed by atoms with Crippen molar-refractivity contribution in [3.8, 4) is 0 Å². The molecule has 1 atom stereocenters. The molecule has 0 spiro atoms. The molecule has 1 unspecified atom stereocenters. The smallest absolute Gasteiger partial charge is 0.269 e. The molecular formula is C24H27N3O4. The number of aldehydes is 1. The van der Waals surface area contributed by atoms with Crippen LogP contribution in [0, 0.1) is 10.1 Å². The molecule has 2 heterocycles. The average Bonchev–Trinajstić information content (AvgIpc) is 2.82. The number of non-ortho nitro benzene ring substituents is 1. The monoisotopic (exact) mass is 421 g/mol. The number of nitro benzene ring substituents is 1. The van der Waals surface area contributed by atoms with Gasteiger partial charge in [-0.05, 0) is 44.0 Å². The largest absolute Gasteiger partial charge is 0.491 e. The summed E-state index contributed by atoms with van der Waals surface area (Å²) in [7, 11) is 0. The van der Waals surface area contributed by atoms with Gasteiger partial charge in [-0.25, -0.2) is 0 Å². The number of fused-ring (bicyclic) bond motifs is 1. The van der Waals surface area contributed by atoms with Crippen LogP contribution in [0.1, 0.15) is 48.4 Å². The number of likely N-dealkylation sites (tertiary alicyclic amines) is 1. The highest BCUT2D eigenvalue weighted by Crippen LogP contribution is 2.38. The standard InChI is InChI=1S/C24H27N3O4/c28-17-22-21-16-19(27(29)30)10-11-20(21)24(23(25-22)18-8-3-1-4-9-18)31-15-7-14-26-12-5-2-6-13-26/h1,3-4,8-11,16-17,22,25H,2,5-7,12-15H2. The molecule has 4 rings (SSSR count). The normalized spacial score (nSPS) is 18.8. The Hall–Kier alpha value is -3.19. The molecule has 0 aliphatic carbocycles. The van der Waals surface area contributed by atoms with E-state index in [4.69, 9.17) is 4.74 Å². The minimum Gasteiger partial charge on any atom is -0.491 e. The molecule has 2 aliphatic rings. The summed E-state index contributed by atoms with van der Waals surface area (Å²) in [6, 6.07) is 13.6. The van der Waals surface area contributed by atoms with E-state index >= 15 is 0 Å². The third-order valence-corrected chi connectivity index (χ3v) is 5.86. The number of benzene rings is 2. The van der Waals surface area contributed by atoms with Gasteiger partial charge in [-0.1, -0.05) is 36.8 Å². The lowest BCUT2D eigenvalue weighted by atomic mass is 9.92. The van der Waals surface area contributed by atoms with Gasteiger partial charge in [-0.3, -0.25) is 10.1 Å². The molecule has 7 nitrogen and oxygen atoms in total. The summed E-state index contributed by atoms with van der Waals surface area (Å²) in [6.45, 7) is 3.82. The van der Waals surface area contributed by atoms with E-state index in [0.29, 0.717) is 17.9 Å². The maximum Gasteiger partial charge on any atom is 0.269 e. The Balaban J connectivity index is 1.62. The zero-order valence-corrected chi connectivity index (χ0v) is 17.5. The lowest BCUT2D eigenvalue weighted by Gasteiger charge is -2.30. The van der Waals surface area contributed by atoms with Gasteiger partial charge in [-0.2, -0.15) is 0 Å². The highest BCUT2D eigenvalue weighted by Gasteiger charge is 2.29. The first kappa shape index (κ1) is 21.1. The molecular weight excluding hydrogens is 394 g/mol. The molecule has 0 bridgehead atoms. The molecule has 0 aromatic heterocycles. The van der Waals surface area contributed by atoms with E-state index in [1.165, 1.54) is 31.4 Å². The van der Waals surface area contributed by atoms with E-state index < -0.39 is 11.0 Å². The number of nitrogens with zero attached hydrogens (tertiary/aromatic N) is 2. The predicted octanol–water partition coefficient (Wildman–Crippen LogP) is 4.16. The van der Waals surface area contributed by atoms with Gasteiger partial charge >= 0.3 is 0 Å². The van der Waals surface area contributed by atoms with Crippen molar-refractivity contribution in [1.29, 1.82) is 0 Å². The third-order valence-electron chi connectivity index (χ3n) is 5.86. The molecule has 2 aromatic carbocycles. The van der Waals surface area contributed by atoms with Crippen molar-refractivity contribution >= 4 is 23.4 Å². The summed E-state index contributed by atoms with van der Waals surface area (Å²) < 4.78 is 6.27. The number of nitrogens with one attached hydrogen (secondary N) is 1. The van der Waals surface area contributed by atoms with Crippen LogP contribution in [0.3, 0.4) is 0 Å². The van der Waals surface area contributed by atoms with Crippen LogP contribution in [-0.4, -0.2) is 42.4 Å². The zero-order chi connectivity index (χ0) is 21.6. The number of hydrogen-bond donors (Lipinski definition) is 1. The number of ether oxygens (including phenoxy) is 1. The SMILES string of the molecule is O=CC1NC(c2ccccc2)=C(OCCCN2CCCCC2)c2ccc([N+](=O)[O-])cc21. The number of rotatable bonds is 8. The first-order valence-corrected chi connectivity index (χ1v) is 10.8. The van der Waals surface area contributed by atoms with Crippen LogP contribution >= 0.6 is 0 Å². The van der Waals surface area contributed by atoms with Crippen LogP contribution in [0.15, 0.2) is 48.5 Å². The minimum atomic E-state index is -0.675. The van der Waals surface area contributed by atoms with E-state index in [-0.39, 0.29) is 5.69 Å². The molecule has 1 fully saturated rings. The van der Waals surface area contributed by atoms with Gasteiger partial charge in [0.2, 0.25) is 0 Å². The number of hydrogen-bond acceptors (Lipinski definition) is 6. The fourth-order valence-electron chi connectivity index (χ4n) is 4.28. The van der Waals surface area contributed by atoms with Gasteiger partial charge in [0.1, 0.15) is 12.3 Å². The van der Waals surface area contributed by atoms with Crippen molar-refractivity contribution in [3.05, 3.63) is 75.3 Å². The maximum absolute atomic E-state index is 11.8. The van der Waals surface area contributed by atoms with Crippen molar-refractivity contribution in [2.24, 2.45) is 0 Å². The van der Waals surface area contributed by atoms with Crippen LogP contribution in [0.2, 0.25) is 0 Å². The fraction of sp³-hybridized carbons (Fsp3) is 0.375. The first-order valence-electron chi connectivity index (χ1n) is 10.8. The van der Waals surface area contributed by atoms with Crippen molar-refractivity contribution < 1.29 is 14.5 Å². The lowest BCUT2D eigenvalue weighted by Crippen LogP contribution is -2.31. The highest BCUT2D eigenvalue weighted by atomic mass is 16.6. The van der Waals surface area contributed by atoms with Crippen molar-refractivity contribution in [1.82, 2.24) is 10.2 Å². The Morgan fingerprint density at radius 2 is 1.90 bits per heavy atom. The molecule has 31 heavy (non-hydrogen) atoms. The van der Waals surface area contributed by atoms with Gasteiger partial charge in [0.25, 0.3) is 5.69 Å². The van der Waals surface area contributed by atoms with Crippen molar-refractivity contribution in [2.75, 3.05) is 26.2 Å². The lowest BCUT2D eigenvalue weighted by molar-refractivity contribution is -0.384. The van der Waals surface area contributed by atoms with Crippen LogP contribution < -0.4 is 5.32 Å². The molecule has 2 aromatic rings. The summed E-state index contributed by atoms with van der Waals surface area (Å²) in [5.74, 6) is 0.632. The molecule has 7 heteroatoms. The molecule has 0 amide bonds. The molecule has 2 aliphatic heterocycles. The minimum absolute atomic E-state index is 0.0417. The maximum atomic E-state index is 11.8. The Labute approximate surface area is 181 Å². The van der Waals surface area contributed by atoms with Crippen LogP contribution in [-0.2, 0) is 9.53 Å². The molecule has 1 saturated heterocycles. The van der Waals surface area contributed by atoms with Crippen LogP contribution in [0.25, 0.3) is 11.5 Å². The molecule has 162 valence electrons. The van der Waals surface area contributed by atoms with E-state index in [2.05, 4.69) is 10.2 Å². The number of carbonyl (C=O) groups excluding carboxylic acids is 1. The number of piperidine rings is 1. The summed E-state index contributed by atoms with van der Waals surface area (Å²) in [5, 5.41) is 14.5. The van der Waals surface area contributed by atoms with E-state index in [1.54, 1.807) is 6.07 Å². The molecule has 0 radical (unpaired) electrons. The van der Waals surface area contributed by atoms with Gasteiger partial charge < -0.3 is 19.7 Å². The summed E-state index contributed by atoms with van der Waals surface area (Å²) >= 11 is 0. The Morgan fingerprint density at radius 1 is 1.13 bits per heavy atom. The first-order chi connectivity index (χ1) is 15.2. The Bertz CT molecular complexity index is 968. The van der Waals surface area contributed by atoms with E-state index in [1.807, 2.05) is 30.3 Å². The van der Waals surface area contributed by atoms with Gasteiger partial charge in [-0.15, -0.1) is 0 Å². The molecule has 0 saturated carbocycles. The van der Waals surface area contributed by atoms with Gasteiger partial charge in [0.05, 0.1) is 17.2 Å². The summed E-state index contributed by atoms with van der Waals surface area (Å²) in [5.41, 5.74) is 2.88. The highest BCUT2D eigenvalue weighted by molar-refractivity contribution is 5.92. The fourth-order valence-corrected chi connectivity index (χ4v) is 4.28. The Kier molecular flexibility index (Phi) is 6.62. The average molecular weight is 421 g/mol. The van der Waals surface area contributed by atoms with Crippen LogP contribution in [0.4, 0.5) is 5.69 Å². The summed E-state index contributed by atoms with van der Waals surface area (Å²) in [4.78, 5) is 25.1. The number of carbonyl (C=O) groups is 1.